The highest BCUT2D eigenvalue weighted by Crippen LogP contribution is 2.44. The quantitative estimate of drug-likeness (QED) is 0.926. The number of carbonyl (C=O) groups excluding carboxylic acids is 1. The van der Waals surface area contributed by atoms with Crippen molar-refractivity contribution in [1.82, 2.24) is 0 Å². The molecule has 0 saturated heterocycles. The van der Waals surface area contributed by atoms with Crippen molar-refractivity contribution in [2.24, 2.45) is 0 Å². The fourth-order valence-corrected chi connectivity index (χ4v) is 3.13. The van der Waals surface area contributed by atoms with E-state index in [1.165, 1.54) is 0 Å². The van der Waals surface area contributed by atoms with Crippen LogP contribution < -0.4 is 19.5 Å². The third-order valence-electron chi connectivity index (χ3n) is 4.27. The van der Waals surface area contributed by atoms with Crippen molar-refractivity contribution < 1.29 is 19.0 Å². The minimum Gasteiger partial charge on any atom is -0.497 e. The highest BCUT2D eigenvalue weighted by molar-refractivity contribution is 5.96. The van der Waals surface area contributed by atoms with E-state index in [1.807, 2.05) is 36.4 Å². The van der Waals surface area contributed by atoms with Crippen molar-refractivity contribution in [3.05, 3.63) is 47.5 Å². The maximum atomic E-state index is 12.1. The molecule has 118 valence electrons. The van der Waals surface area contributed by atoms with Gasteiger partial charge in [-0.25, -0.2) is 0 Å². The molecule has 2 aromatic carbocycles. The average molecular weight is 311 g/mol. The number of carbonyl (C=O) groups is 1. The van der Waals surface area contributed by atoms with Crippen molar-refractivity contribution in [3.8, 4) is 17.2 Å². The van der Waals surface area contributed by atoms with Crippen LogP contribution in [-0.2, 0) is 4.79 Å². The summed E-state index contributed by atoms with van der Waals surface area (Å²) >= 11 is 0. The molecule has 2 aromatic rings. The number of anilines is 1. The van der Waals surface area contributed by atoms with Crippen molar-refractivity contribution in [3.63, 3.8) is 0 Å². The third kappa shape index (κ3) is 2.48. The molecule has 2 aliphatic rings. The van der Waals surface area contributed by atoms with E-state index >= 15 is 0 Å². The van der Waals surface area contributed by atoms with E-state index in [-0.39, 0.29) is 11.8 Å². The summed E-state index contributed by atoms with van der Waals surface area (Å²) in [6.07, 6.45) is 0.416. The molecule has 0 spiro atoms. The Labute approximate surface area is 134 Å². The van der Waals surface area contributed by atoms with Gasteiger partial charge in [0.2, 0.25) is 5.91 Å². The molecule has 0 unspecified atom stereocenters. The first-order valence-electron chi connectivity index (χ1n) is 7.62. The predicted octanol–water partition coefficient (Wildman–Crippen LogP) is 2.94. The summed E-state index contributed by atoms with van der Waals surface area (Å²) in [4.78, 5) is 12.1. The molecule has 0 saturated carbocycles. The molecule has 2 heterocycles. The van der Waals surface area contributed by atoms with Crippen LogP contribution in [0.3, 0.4) is 0 Å². The lowest BCUT2D eigenvalue weighted by Gasteiger charge is -2.29. The lowest BCUT2D eigenvalue weighted by atomic mass is 9.84. The predicted molar refractivity (Wildman–Crippen MR) is 85.5 cm³/mol. The Bertz CT molecular complexity index is 754. The smallest absolute Gasteiger partial charge is 0.225 e. The molecule has 0 aliphatic carbocycles. The molecular formula is C18H17NO4. The SMILES string of the molecule is COc1ccc([C@H]2CC(=O)Nc3cc4c(cc32)OCCO4)cc1. The molecule has 5 nitrogen and oxygen atoms in total. The Hall–Kier alpha value is -2.69. The van der Waals surface area contributed by atoms with Crippen LogP contribution in [0.5, 0.6) is 17.2 Å². The van der Waals surface area contributed by atoms with E-state index in [1.54, 1.807) is 7.11 Å². The van der Waals surface area contributed by atoms with Gasteiger partial charge in [-0.2, -0.15) is 0 Å². The normalized spacial score (nSPS) is 18.8. The molecule has 0 radical (unpaired) electrons. The van der Waals surface area contributed by atoms with Gasteiger partial charge in [0.1, 0.15) is 19.0 Å². The first-order valence-corrected chi connectivity index (χ1v) is 7.62. The molecule has 1 amide bonds. The molecule has 2 aliphatic heterocycles. The Balaban J connectivity index is 1.78. The van der Waals surface area contributed by atoms with Crippen molar-refractivity contribution in [1.29, 1.82) is 0 Å². The van der Waals surface area contributed by atoms with Crippen LogP contribution in [-0.4, -0.2) is 26.2 Å². The Kier molecular flexibility index (Phi) is 3.33. The van der Waals surface area contributed by atoms with Crippen LogP contribution in [0, 0.1) is 0 Å². The second kappa shape index (κ2) is 5.50. The number of fused-ring (bicyclic) bond motifs is 2. The van der Waals surface area contributed by atoms with Gasteiger partial charge < -0.3 is 19.5 Å². The van der Waals surface area contributed by atoms with Gasteiger partial charge in [0.05, 0.1) is 7.11 Å². The lowest BCUT2D eigenvalue weighted by molar-refractivity contribution is -0.116. The van der Waals surface area contributed by atoms with E-state index in [0.29, 0.717) is 25.4 Å². The third-order valence-corrected chi connectivity index (χ3v) is 4.27. The first kappa shape index (κ1) is 13.9. The van der Waals surface area contributed by atoms with Gasteiger partial charge >= 0.3 is 0 Å². The van der Waals surface area contributed by atoms with Crippen molar-refractivity contribution in [2.75, 3.05) is 25.6 Å². The fourth-order valence-electron chi connectivity index (χ4n) is 3.13. The van der Waals surface area contributed by atoms with E-state index in [9.17, 15) is 4.79 Å². The maximum Gasteiger partial charge on any atom is 0.225 e. The van der Waals surface area contributed by atoms with Crippen molar-refractivity contribution >= 4 is 11.6 Å². The summed E-state index contributed by atoms with van der Waals surface area (Å²) in [7, 11) is 1.64. The molecule has 0 bridgehead atoms. The number of hydrogen-bond acceptors (Lipinski definition) is 4. The van der Waals surface area contributed by atoms with E-state index in [2.05, 4.69) is 5.32 Å². The van der Waals surface area contributed by atoms with Crippen LogP contribution in [0.15, 0.2) is 36.4 Å². The van der Waals surface area contributed by atoms with Gasteiger partial charge in [-0.1, -0.05) is 12.1 Å². The Morgan fingerprint density at radius 3 is 2.48 bits per heavy atom. The largest absolute Gasteiger partial charge is 0.497 e. The summed E-state index contributed by atoms with van der Waals surface area (Å²) in [5.41, 5.74) is 2.93. The first-order chi connectivity index (χ1) is 11.2. The number of benzene rings is 2. The summed E-state index contributed by atoms with van der Waals surface area (Å²) in [5, 5.41) is 2.93. The molecule has 4 rings (SSSR count). The molecular weight excluding hydrogens is 294 g/mol. The minimum absolute atomic E-state index is 0.000447. The maximum absolute atomic E-state index is 12.1. The summed E-state index contributed by atoms with van der Waals surface area (Å²) < 4.78 is 16.5. The summed E-state index contributed by atoms with van der Waals surface area (Å²) in [6.45, 7) is 1.08. The zero-order valence-electron chi connectivity index (χ0n) is 12.8. The molecule has 23 heavy (non-hydrogen) atoms. The standard InChI is InChI=1S/C18H17NO4/c1-21-12-4-2-11(3-5-12)13-9-18(20)19-15-10-17-16(8-14(13)15)22-6-7-23-17/h2-5,8,10,13H,6-7,9H2,1H3,(H,19,20)/t13-/m1/s1. The zero-order valence-corrected chi connectivity index (χ0v) is 12.8. The molecule has 1 N–H and O–H groups in total. The molecule has 0 aromatic heterocycles. The van der Waals surface area contributed by atoms with E-state index in [0.717, 1.165) is 28.3 Å². The molecule has 5 heteroatoms. The average Bonchev–Trinajstić information content (AvgIpc) is 2.59. The Morgan fingerprint density at radius 2 is 1.78 bits per heavy atom. The number of amides is 1. The number of hydrogen-bond donors (Lipinski definition) is 1. The molecule has 1 atom stereocenters. The van der Waals surface area contributed by atoms with Gasteiger partial charge in [-0.05, 0) is 29.3 Å². The number of nitrogens with one attached hydrogen (secondary N) is 1. The number of rotatable bonds is 2. The lowest BCUT2D eigenvalue weighted by Crippen LogP contribution is -2.24. The van der Waals surface area contributed by atoms with E-state index in [4.69, 9.17) is 14.2 Å². The Morgan fingerprint density at radius 1 is 1.09 bits per heavy atom. The van der Waals surface area contributed by atoms with Gasteiger partial charge in [0.25, 0.3) is 0 Å². The van der Waals surface area contributed by atoms with E-state index < -0.39 is 0 Å². The summed E-state index contributed by atoms with van der Waals surface area (Å²) in [6, 6.07) is 11.7. The second-order valence-corrected chi connectivity index (χ2v) is 5.66. The zero-order chi connectivity index (χ0) is 15.8. The van der Waals surface area contributed by atoms with Crippen LogP contribution in [0.2, 0.25) is 0 Å². The highest BCUT2D eigenvalue weighted by Gasteiger charge is 2.29. The number of methoxy groups -OCH3 is 1. The highest BCUT2D eigenvalue weighted by atomic mass is 16.6. The van der Waals surface area contributed by atoms with Crippen LogP contribution in [0.1, 0.15) is 23.5 Å². The van der Waals surface area contributed by atoms with Crippen molar-refractivity contribution in [2.45, 2.75) is 12.3 Å². The number of ether oxygens (including phenoxy) is 3. The van der Waals surface area contributed by atoms with Crippen LogP contribution in [0.4, 0.5) is 5.69 Å². The van der Waals surface area contributed by atoms with Gasteiger partial charge in [0.15, 0.2) is 11.5 Å². The topological polar surface area (TPSA) is 56.8 Å². The fraction of sp³-hybridized carbons (Fsp3) is 0.278. The van der Waals surface area contributed by atoms with Crippen LogP contribution >= 0.6 is 0 Å². The van der Waals surface area contributed by atoms with Gasteiger partial charge in [-0.15, -0.1) is 0 Å². The van der Waals surface area contributed by atoms with Gasteiger partial charge in [0, 0.05) is 24.1 Å². The van der Waals surface area contributed by atoms with Crippen LogP contribution in [0.25, 0.3) is 0 Å². The minimum atomic E-state index is 0.000447. The monoisotopic (exact) mass is 311 g/mol. The summed E-state index contributed by atoms with van der Waals surface area (Å²) in [5.74, 6) is 2.24. The molecule has 0 fully saturated rings. The van der Waals surface area contributed by atoms with Gasteiger partial charge in [-0.3, -0.25) is 4.79 Å². The second-order valence-electron chi connectivity index (χ2n) is 5.66.